The van der Waals surface area contributed by atoms with Crippen molar-refractivity contribution in [2.75, 3.05) is 0 Å². The summed E-state index contributed by atoms with van der Waals surface area (Å²) >= 11 is 6.26. The SMILES string of the molecule is CC(=O)c1c(Cl)n(CC(C)C)c2ccc(F)cc12. The molecular formula is C14H15ClFNO. The van der Waals surface area contributed by atoms with Crippen LogP contribution in [0.2, 0.25) is 5.15 Å². The van der Waals surface area contributed by atoms with E-state index in [2.05, 4.69) is 13.8 Å². The molecule has 0 saturated carbocycles. The molecule has 0 bridgehead atoms. The Balaban J connectivity index is 2.78. The molecule has 2 rings (SSSR count). The molecule has 0 atom stereocenters. The van der Waals surface area contributed by atoms with Crippen LogP contribution in [0.1, 0.15) is 31.1 Å². The molecular weight excluding hydrogens is 253 g/mol. The Labute approximate surface area is 110 Å². The third-order valence-electron chi connectivity index (χ3n) is 2.86. The van der Waals surface area contributed by atoms with E-state index in [4.69, 9.17) is 11.6 Å². The minimum absolute atomic E-state index is 0.141. The highest BCUT2D eigenvalue weighted by Gasteiger charge is 2.19. The third kappa shape index (κ3) is 2.15. The summed E-state index contributed by atoms with van der Waals surface area (Å²) < 4.78 is 15.2. The number of hydrogen-bond acceptors (Lipinski definition) is 1. The zero-order valence-corrected chi connectivity index (χ0v) is 11.4. The van der Waals surface area contributed by atoms with Crippen LogP contribution in [-0.4, -0.2) is 10.4 Å². The van der Waals surface area contributed by atoms with Gasteiger partial charge in [0.1, 0.15) is 11.0 Å². The smallest absolute Gasteiger partial charge is 0.163 e. The molecule has 18 heavy (non-hydrogen) atoms. The third-order valence-corrected chi connectivity index (χ3v) is 3.25. The van der Waals surface area contributed by atoms with E-state index in [0.29, 0.717) is 28.6 Å². The van der Waals surface area contributed by atoms with Crippen molar-refractivity contribution < 1.29 is 9.18 Å². The molecule has 0 aliphatic carbocycles. The van der Waals surface area contributed by atoms with Crippen molar-refractivity contribution in [3.63, 3.8) is 0 Å². The average Bonchev–Trinajstić information content (AvgIpc) is 2.50. The molecule has 1 heterocycles. The number of carbonyl (C=O) groups is 1. The van der Waals surface area contributed by atoms with Crippen molar-refractivity contribution in [2.45, 2.75) is 27.3 Å². The summed E-state index contributed by atoms with van der Waals surface area (Å²) in [6.45, 7) is 6.29. The monoisotopic (exact) mass is 267 g/mol. The van der Waals surface area contributed by atoms with E-state index in [0.717, 1.165) is 5.52 Å². The van der Waals surface area contributed by atoms with Gasteiger partial charge >= 0.3 is 0 Å². The van der Waals surface area contributed by atoms with Crippen LogP contribution in [0.25, 0.3) is 10.9 Å². The van der Waals surface area contributed by atoms with Crippen molar-refractivity contribution in [1.82, 2.24) is 4.57 Å². The number of nitrogens with zero attached hydrogens (tertiary/aromatic N) is 1. The van der Waals surface area contributed by atoms with Gasteiger partial charge in [0.25, 0.3) is 0 Å². The molecule has 0 spiro atoms. The van der Waals surface area contributed by atoms with Gasteiger partial charge in [0.05, 0.1) is 11.1 Å². The summed E-state index contributed by atoms with van der Waals surface area (Å²) in [5, 5.41) is 0.991. The number of hydrogen-bond donors (Lipinski definition) is 0. The van der Waals surface area contributed by atoms with Crippen LogP contribution < -0.4 is 0 Å². The number of fused-ring (bicyclic) bond motifs is 1. The predicted molar refractivity (Wildman–Crippen MR) is 71.7 cm³/mol. The number of halogens is 2. The summed E-state index contributed by atoms with van der Waals surface area (Å²) in [5.74, 6) is -0.107. The quantitative estimate of drug-likeness (QED) is 0.760. The lowest BCUT2D eigenvalue weighted by Crippen LogP contribution is -2.04. The number of ketones is 1. The van der Waals surface area contributed by atoms with Crippen LogP contribution in [0.4, 0.5) is 4.39 Å². The maximum atomic E-state index is 13.3. The molecule has 96 valence electrons. The Hall–Kier alpha value is -1.35. The predicted octanol–water partition coefficient (Wildman–Crippen LogP) is 4.29. The van der Waals surface area contributed by atoms with E-state index in [1.54, 1.807) is 6.07 Å². The Kier molecular flexibility index (Phi) is 3.44. The van der Waals surface area contributed by atoms with Crippen LogP contribution in [0.5, 0.6) is 0 Å². The average molecular weight is 268 g/mol. The van der Waals surface area contributed by atoms with Gasteiger partial charge < -0.3 is 4.57 Å². The van der Waals surface area contributed by atoms with E-state index in [1.165, 1.54) is 19.1 Å². The van der Waals surface area contributed by atoms with Crippen LogP contribution in [-0.2, 0) is 6.54 Å². The minimum Gasteiger partial charge on any atom is -0.331 e. The first kappa shape index (κ1) is 13.1. The molecule has 0 saturated heterocycles. The second-order valence-corrected chi connectivity index (χ2v) is 5.25. The van der Waals surface area contributed by atoms with Gasteiger partial charge in [0.2, 0.25) is 0 Å². The highest BCUT2D eigenvalue weighted by atomic mass is 35.5. The molecule has 0 aliphatic heterocycles. The van der Waals surface area contributed by atoms with Crippen molar-refractivity contribution >= 4 is 28.3 Å². The molecule has 2 aromatic rings. The van der Waals surface area contributed by atoms with Crippen LogP contribution in [0.15, 0.2) is 18.2 Å². The summed E-state index contributed by atoms with van der Waals surface area (Å²) in [7, 11) is 0. The van der Waals surface area contributed by atoms with Crippen LogP contribution in [0.3, 0.4) is 0 Å². The van der Waals surface area contributed by atoms with Gasteiger partial charge in [-0.1, -0.05) is 25.4 Å². The van der Waals surface area contributed by atoms with Gasteiger partial charge in [-0.3, -0.25) is 4.79 Å². The summed E-state index contributed by atoms with van der Waals surface area (Å²) in [6, 6.07) is 4.43. The second kappa shape index (κ2) is 4.73. The number of aromatic nitrogens is 1. The number of Topliss-reactive ketones (excluding diaryl/α,β-unsaturated/α-hetero) is 1. The van der Waals surface area contributed by atoms with Crippen molar-refractivity contribution in [1.29, 1.82) is 0 Å². The molecule has 0 fully saturated rings. The topological polar surface area (TPSA) is 22.0 Å². The zero-order chi connectivity index (χ0) is 13.4. The van der Waals surface area contributed by atoms with E-state index in [-0.39, 0.29) is 11.6 Å². The summed E-state index contributed by atoms with van der Waals surface area (Å²) in [6.07, 6.45) is 0. The lowest BCUT2D eigenvalue weighted by atomic mass is 10.1. The molecule has 0 aliphatic rings. The first-order valence-electron chi connectivity index (χ1n) is 5.90. The zero-order valence-electron chi connectivity index (χ0n) is 10.6. The standard InChI is InChI=1S/C14H15ClFNO/c1-8(2)7-17-12-5-4-10(16)6-11(12)13(9(3)18)14(17)15/h4-6,8H,7H2,1-3H3. The lowest BCUT2D eigenvalue weighted by Gasteiger charge is -2.09. The molecule has 0 N–H and O–H groups in total. The van der Waals surface area contributed by atoms with Gasteiger partial charge in [-0.15, -0.1) is 0 Å². The fraction of sp³-hybridized carbons (Fsp3) is 0.357. The number of carbonyl (C=O) groups excluding carboxylic acids is 1. The highest BCUT2D eigenvalue weighted by molar-refractivity contribution is 6.35. The van der Waals surface area contributed by atoms with Crippen molar-refractivity contribution in [3.8, 4) is 0 Å². The van der Waals surface area contributed by atoms with Gasteiger partial charge in [0, 0.05) is 11.9 Å². The van der Waals surface area contributed by atoms with Gasteiger partial charge in [-0.05, 0) is 31.0 Å². The van der Waals surface area contributed by atoms with E-state index in [1.807, 2.05) is 4.57 Å². The fourth-order valence-electron chi connectivity index (χ4n) is 2.17. The summed E-state index contributed by atoms with van der Waals surface area (Å²) in [4.78, 5) is 11.7. The maximum absolute atomic E-state index is 13.3. The number of benzene rings is 1. The molecule has 1 aromatic heterocycles. The van der Waals surface area contributed by atoms with Crippen molar-refractivity contribution in [3.05, 3.63) is 34.7 Å². The first-order chi connectivity index (χ1) is 8.41. The molecule has 1 aromatic carbocycles. The molecule has 2 nitrogen and oxygen atoms in total. The fourth-order valence-corrected chi connectivity index (χ4v) is 2.57. The lowest BCUT2D eigenvalue weighted by molar-refractivity contribution is 0.101. The normalized spacial score (nSPS) is 11.4. The number of rotatable bonds is 3. The van der Waals surface area contributed by atoms with E-state index in [9.17, 15) is 9.18 Å². The van der Waals surface area contributed by atoms with Crippen LogP contribution >= 0.6 is 11.6 Å². The largest absolute Gasteiger partial charge is 0.331 e. The minimum atomic E-state index is -0.358. The Morgan fingerprint density at radius 3 is 2.67 bits per heavy atom. The molecule has 0 amide bonds. The second-order valence-electron chi connectivity index (χ2n) is 4.89. The Morgan fingerprint density at radius 2 is 2.11 bits per heavy atom. The van der Waals surface area contributed by atoms with Gasteiger partial charge in [0.15, 0.2) is 5.78 Å². The van der Waals surface area contributed by atoms with E-state index < -0.39 is 0 Å². The van der Waals surface area contributed by atoms with Crippen molar-refractivity contribution in [2.24, 2.45) is 5.92 Å². The molecule has 0 unspecified atom stereocenters. The Morgan fingerprint density at radius 1 is 1.44 bits per heavy atom. The maximum Gasteiger partial charge on any atom is 0.163 e. The summed E-state index contributed by atoms with van der Waals surface area (Å²) in [5.41, 5.74) is 1.21. The van der Waals surface area contributed by atoms with Crippen LogP contribution in [0, 0.1) is 11.7 Å². The van der Waals surface area contributed by atoms with E-state index >= 15 is 0 Å². The first-order valence-corrected chi connectivity index (χ1v) is 6.27. The molecule has 0 radical (unpaired) electrons. The highest BCUT2D eigenvalue weighted by Crippen LogP contribution is 2.31. The molecule has 4 heteroatoms. The van der Waals surface area contributed by atoms with Gasteiger partial charge in [-0.25, -0.2) is 4.39 Å². The van der Waals surface area contributed by atoms with Gasteiger partial charge in [-0.2, -0.15) is 0 Å². The Bertz CT molecular complexity index is 616.